The average Bonchev–Trinajstić information content (AvgIpc) is 3.28. The van der Waals surface area contributed by atoms with Crippen LogP contribution in [0.2, 0.25) is 0 Å². The van der Waals surface area contributed by atoms with Gasteiger partial charge in [-0.3, -0.25) is 14.8 Å². The zero-order chi connectivity index (χ0) is 20.8. The summed E-state index contributed by atoms with van der Waals surface area (Å²) >= 11 is 0. The Labute approximate surface area is 181 Å². The lowest BCUT2D eigenvalue weighted by atomic mass is 10.1. The van der Waals surface area contributed by atoms with E-state index in [-0.39, 0.29) is 0 Å². The van der Waals surface area contributed by atoms with E-state index in [1.54, 1.807) is 0 Å². The Bertz CT molecular complexity index is 679. The van der Waals surface area contributed by atoms with Gasteiger partial charge >= 0.3 is 0 Å². The second-order valence-electron chi connectivity index (χ2n) is 8.83. The van der Waals surface area contributed by atoms with E-state index in [1.165, 1.54) is 30.6 Å². The van der Waals surface area contributed by atoms with Crippen molar-refractivity contribution in [2.45, 2.75) is 25.6 Å². The molecule has 1 aromatic rings. The van der Waals surface area contributed by atoms with Crippen molar-refractivity contribution >= 4 is 5.96 Å². The summed E-state index contributed by atoms with van der Waals surface area (Å²) in [6.45, 7) is 12.5. The molecule has 0 radical (unpaired) electrons. The molecule has 0 spiro atoms. The zero-order valence-corrected chi connectivity index (χ0v) is 18.7. The van der Waals surface area contributed by atoms with Crippen LogP contribution < -0.4 is 5.32 Å². The number of rotatable bonds is 5. The molecule has 30 heavy (non-hydrogen) atoms. The van der Waals surface area contributed by atoms with E-state index in [4.69, 9.17) is 4.74 Å². The van der Waals surface area contributed by atoms with Crippen molar-refractivity contribution < 1.29 is 4.74 Å². The summed E-state index contributed by atoms with van der Waals surface area (Å²) in [5, 5.41) is 3.57. The van der Waals surface area contributed by atoms with E-state index in [1.807, 2.05) is 7.05 Å². The molecule has 4 rings (SSSR count). The molecule has 0 saturated carbocycles. The number of benzene rings is 1. The molecule has 1 atom stereocenters. The van der Waals surface area contributed by atoms with Crippen molar-refractivity contribution in [2.24, 2.45) is 4.99 Å². The molecule has 3 heterocycles. The zero-order valence-electron chi connectivity index (χ0n) is 18.7. The molecule has 0 aromatic heterocycles. The van der Waals surface area contributed by atoms with Crippen molar-refractivity contribution in [3.8, 4) is 0 Å². The minimum Gasteiger partial charge on any atom is -0.379 e. The molecule has 3 aliphatic rings. The van der Waals surface area contributed by atoms with Crippen LogP contribution in [-0.4, -0.2) is 111 Å². The molecular formula is C23H38N6O. The third-order valence-corrected chi connectivity index (χ3v) is 6.71. The average molecular weight is 415 g/mol. The number of nitrogens with zero attached hydrogens (tertiary/aromatic N) is 5. The fourth-order valence-corrected chi connectivity index (χ4v) is 4.71. The molecule has 166 valence electrons. The van der Waals surface area contributed by atoms with E-state index in [2.05, 4.69) is 61.2 Å². The van der Waals surface area contributed by atoms with Crippen LogP contribution in [-0.2, 0) is 17.8 Å². The molecule has 1 unspecified atom stereocenters. The van der Waals surface area contributed by atoms with Crippen molar-refractivity contribution in [1.82, 2.24) is 24.9 Å². The van der Waals surface area contributed by atoms with Crippen LogP contribution in [0.4, 0.5) is 0 Å². The highest BCUT2D eigenvalue weighted by atomic mass is 16.5. The van der Waals surface area contributed by atoms with Crippen LogP contribution in [0.25, 0.3) is 0 Å². The monoisotopic (exact) mass is 414 g/mol. The molecular weight excluding hydrogens is 376 g/mol. The summed E-state index contributed by atoms with van der Waals surface area (Å²) < 4.78 is 5.50. The van der Waals surface area contributed by atoms with Gasteiger partial charge in [0.2, 0.25) is 0 Å². The van der Waals surface area contributed by atoms with Crippen LogP contribution in [0.15, 0.2) is 29.3 Å². The molecule has 3 fully saturated rings. The van der Waals surface area contributed by atoms with Gasteiger partial charge in [-0.1, -0.05) is 24.3 Å². The Hall–Kier alpha value is -1.67. The van der Waals surface area contributed by atoms with Gasteiger partial charge in [0.05, 0.1) is 13.2 Å². The number of ether oxygens (including phenoxy) is 1. The fraction of sp³-hybridized carbons (Fsp3) is 0.696. The number of guanidine groups is 1. The molecule has 0 aliphatic carbocycles. The second-order valence-corrected chi connectivity index (χ2v) is 8.83. The highest BCUT2D eigenvalue weighted by Crippen LogP contribution is 2.17. The van der Waals surface area contributed by atoms with Gasteiger partial charge in [0.25, 0.3) is 0 Å². The topological polar surface area (TPSA) is 46.6 Å². The number of morpholine rings is 1. The Morgan fingerprint density at radius 3 is 2.40 bits per heavy atom. The van der Waals surface area contributed by atoms with Gasteiger partial charge in [0.1, 0.15) is 0 Å². The van der Waals surface area contributed by atoms with Gasteiger partial charge in [-0.2, -0.15) is 0 Å². The number of likely N-dealkylation sites (tertiary alicyclic amines) is 1. The first-order valence-electron chi connectivity index (χ1n) is 11.5. The Balaban J connectivity index is 1.23. The minimum absolute atomic E-state index is 0.626. The van der Waals surface area contributed by atoms with E-state index in [0.29, 0.717) is 6.04 Å². The van der Waals surface area contributed by atoms with Gasteiger partial charge in [0, 0.05) is 78.5 Å². The Kier molecular flexibility index (Phi) is 7.60. The van der Waals surface area contributed by atoms with Crippen molar-refractivity contribution in [3.63, 3.8) is 0 Å². The summed E-state index contributed by atoms with van der Waals surface area (Å²) in [6, 6.07) is 9.70. The largest absolute Gasteiger partial charge is 0.379 e. The van der Waals surface area contributed by atoms with Gasteiger partial charge in [-0.25, -0.2) is 0 Å². The Morgan fingerprint density at radius 1 is 1.00 bits per heavy atom. The maximum atomic E-state index is 5.50. The van der Waals surface area contributed by atoms with Crippen molar-refractivity contribution in [3.05, 3.63) is 35.4 Å². The molecule has 0 bridgehead atoms. The lowest BCUT2D eigenvalue weighted by Crippen LogP contribution is -2.46. The van der Waals surface area contributed by atoms with Crippen LogP contribution >= 0.6 is 0 Å². The van der Waals surface area contributed by atoms with E-state index in [0.717, 1.165) is 71.5 Å². The van der Waals surface area contributed by atoms with Gasteiger partial charge in [0.15, 0.2) is 5.96 Å². The predicted octanol–water partition coefficient (Wildman–Crippen LogP) is 0.916. The molecule has 1 N–H and O–H groups in total. The van der Waals surface area contributed by atoms with Crippen LogP contribution in [0.1, 0.15) is 17.5 Å². The first-order chi connectivity index (χ1) is 14.7. The first-order valence-corrected chi connectivity index (χ1v) is 11.5. The summed E-state index contributed by atoms with van der Waals surface area (Å²) in [7, 11) is 4.10. The normalized spacial score (nSPS) is 25.1. The minimum atomic E-state index is 0.626. The van der Waals surface area contributed by atoms with Gasteiger partial charge in [-0.05, 0) is 24.6 Å². The SMILES string of the molecule is CN=C(NCc1ccc(CN2CCN(C)CC2)cc1)N1CCC(N2CCOCC2)C1. The van der Waals surface area contributed by atoms with Gasteiger partial charge < -0.3 is 19.9 Å². The number of hydrogen-bond acceptors (Lipinski definition) is 5. The molecule has 7 nitrogen and oxygen atoms in total. The highest BCUT2D eigenvalue weighted by Gasteiger charge is 2.30. The standard InChI is InChI=1S/C23H38N6O/c1-24-23(29-8-7-22(19-29)28-13-15-30-16-14-28)25-17-20-3-5-21(6-4-20)18-27-11-9-26(2)10-12-27/h3-6,22H,7-19H2,1-2H3,(H,24,25). The fourth-order valence-electron chi connectivity index (χ4n) is 4.71. The van der Waals surface area contributed by atoms with E-state index < -0.39 is 0 Å². The number of piperazine rings is 1. The van der Waals surface area contributed by atoms with Crippen molar-refractivity contribution in [2.75, 3.05) is 79.7 Å². The van der Waals surface area contributed by atoms with Crippen LogP contribution in [0.3, 0.4) is 0 Å². The summed E-state index contributed by atoms with van der Waals surface area (Å²) in [4.78, 5) is 14.5. The molecule has 1 aromatic carbocycles. The van der Waals surface area contributed by atoms with E-state index in [9.17, 15) is 0 Å². The number of nitrogens with one attached hydrogen (secondary N) is 1. The van der Waals surface area contributed by atoms with Crippen LogP contribution in [0.5, 0.6) is 0 Å². The quantitative estimate of drug-likeness (QED) is 0.571. The number of likely N-dealkylation sites (N-methyl/N-ethyl adjacent to an activating group) is 1. The lowest BCUT2D eigenvalue weighted by molar-refractivity contribution is 0.0195. The number of aliphatic imine (C=N–C) groups is 1. The Morgan fingerprint density at radius 2 is 1.70 bits per heavy atom. The predicted molar refractivity (Wildman–Crippen MR) is 122 cm³/mol. The molecule has 3 saturated heterocycles. The lowest BCUT2D eigenvalue weighted by Gasteiger charge is -2.32. The molecule has 3 aliphatic heterocycles. The molecule has 0 amide bonds. The third kappa shape index (κ3) is 5.72. The maximum Gasteiger partial charge on any atom is 0.193 e. The highest BCUT2D eigenvalue weighted by molar-refractivity contribution is 5.80. The smallest absolute Gasteiger partial charge is 0.193 e. The second kappa shape index (κ2) is 10.6. The first kappa shape index (κ1) is 21.6. The molecule has 7 heteroatoms. The summed E-state index contributed by atoms with van der Waals surface area (Å²) in [5.41, 5.74) is 2.71. The van der Waals surface area contributed by atoms with Crippen LogP contribution in [0, 0.1) is 0 Å². The van der Waals surface area contributed by atoms with Crippen molar-refractivity contribution in [1.29, 1.82) is 0 Å². The third-order valence-electron chi connectivity index (χ3n) is 6.71. The number of hydrogen-bond donors (Lipinski definition) is 1. The van der Waals surface area contributed by atoms with Gasteiger partial charge in [-0.15, -0.1) is 0 Å². The summed E-state index contributed by atoms with van der Waals surface area (Å²) in [6.07, 6.45) is 1.21. The maximum absolute atomic E-state index is 5.50. The summed E-state index contributed by atoms with van der Waals surface area (Å²) in [5.74, 6) is 1.02. The van der Waals surface area contributed by atoms with E-state index >= 15 is 0 Å².